The fourth-order valence-corrected chi connectivity index (χ4v) is 2.33. The first kappa shape index (κ1) is 13.5. The standard InChI is InChI=1S/C13H17N3O3/c14-13(7-1-2-8-13)12(17)15-9-10-3-5-11(6-4-10)16(18)19/h3-6H,1-2,7-9,14H2,(H,15,17). The van der Waals surface area contributed by atoms with E-state index in [0.29, 0.717) is 6.54 Å². The van der Waals surface area contributed by atoms with Crippen LogP contribution in [0.15, 0.2) is 24.3 Å². The number of amides is 1. The molecule has 0 heterocycles. The molecule has 1 fully saturated rings. The molecule has 0 spiro atoms. The minimum atomic E-state index is -0.735. The second kappa shape index (κ2) is 5.36. The lowest BCUT2D eigenvalue weighted by Crippen LogP contribution is -2.51. The first-order valence-corrected chi connectivity index (χ1v) is 6.32. The van der Waals surface area contributed by atoms with Gasteiger partial charge in [-0.25, -0.2) is 0 Å². The summed E-state index contributed by atoms with van der Waals surface area (Å²) in [5.41, 5.74) is 6.16. The zero-order valence-electron chi connectivity index (χ0n) is 10.6. The summed E-state index contributed by atoms with van der Waals surface area (Å²) in [6.45, 7) is 0.343. The van der Waals surface area contributed by atoms with Crippen molar-refractivity contribution in [2.45, 2.75) is 37.8 Å². The maximum absolute atomic E-state index is 12.0. The van der Waals surface area contributed by atoms with Crippen molar-refractivity contribution < 1.29 is 9.72 Å². The quantitative estimate of drug-likeness (QED) is 0.635. The Morgan fingerprint density at radius 2 is 1.89 bits per heavy atom. The summed E-state index contributed by atoms with van der Waals surface area (Å²) in [7, 11) is 0. The van der Waals surface area contributed by atoms with Crippen molar-refractivity contribution >= 4 is 11.6 Å². The van der Waals surface area contributed by atoms with Gasteiger partial charge in [0.25, 0.3) is 5.69 Å². The second-order valence-corrected chi connectivity index (χ2v) is 4.97. The predicted molar refractivity (Wildman–Crippen MR) is 70.3 cm³/mol. The number of hydrogen-bond donors (Lipinski definition) is 2. The predicted octanol–water partition coefficient (Wildman–Crippen LogP) is 1.48. The third-order valence-electron chi connectivity index (χ3n) is 3.55. The van der Waals surface area contributed by atoms with Crippen LogP contribution in [0.3, 0.4) is 0 Å². The summed E-state index contributed by atoms with van der Waals surface area (Å²) in [4.78, 5) is 22.0. The van der Waals surface area contributed by atoms with E-state index < -0.39 is 10.5 Å². The molecule has 0 radical (unpaired) electrons. The van der Waals surface area contributed by atoms with Crippen molar-refractivity contribution in [1.82, 2.24) is 5.32 Å². The number of carbonyl (C=O) groups excluding carboxylic acids is 1. The van der Waals surface area contributed by atoms with E-state index in [1.165, 1.54) is 12.1 Å². The van der Waals surface area contributed by atoms with Crippen molar-refractivity contribution in [3.63, 3.8) is 0 Å². The number of carbonyl (C=O) groups is 1. The van der Waals surface area contributed by atoms with Gasteiger partial charge >= 0.3 is 0 Å². The fraction of sp³-hybridized carbons (Fsp3) is 0.462. The van der Waals surface area contributed by atoms with Crippen LogP contribution >= 0.6 is 0 Å². The topological polar surface area (TPSA) is 98.3 Å². The molecule has 1 aromatic carbocycles. The van der Waals surface area contributed by atoms with Crippen molar-refractivity contribution in [1.29, 1.82) is 0 Å². The summed E-state index contributed by atoms with van der Waals surface area (Å²) in [5, 5.41) is 13.3. The minimum absolute atomic E-state index is 0.0427. The van der Waals surface area contributed by atoms with Crippen LogP contribution < -0.4 is 11.1 Å². The Hall–Kier alpha value is -1.95. The van der Waals surface area contributed by atoms with E-state index in [2.05, 4.69) is 5.32 Å². The van der Waals surface area contributed by atoms with E-state index in [9.17, 15) is 14.9 Å². The van der Waals surface area contributed by atoms with Crippen LogP contribution in [0, 0.1) is 10.1 Å². The average molecular weight is 263 g/mol. The second-order valence-electron chi connectivity index (χ2n) is 4.97. The molecule has 3 N–H and O–H groups in total. The molecule has 1 saturated carbocycles. The van der Waals surface area contributed by atoms with Crippen molar-refractivity contribution in [2.24, 2.45) is 5.73 Å². The number of nitro benzene ring substituents is 1. The van der Waals surface area contributed by atoms with Gasteiger partial charge in [0.2, 0.25) is 5.91 Å². The number of nitro groups is 1. The van der Waals surface area contributed by atoms with Gasteiger partial charge in [0, 0.05) is 18.7 Å². The third-order valence-corrected chi connectivity index (χ3v) is 3.55. The SMILES string of the molecule is NC1(C(=O)NCc2ccc([N+](=O)[O-])cc2)CCCC1. The highest BCUT2D eigenvalue weighted by Crippen LogP contribution is 2.27. The molecule has 6 heteroatoms. The largest absolute Gasteiger partial charge is 0.350 e. The maximum atomic E-state index is 12.0. The molecule has 1 aliphatic carbocycles. The van der Waals surface area contributed by atoms with E-state index in [1.807, 2.05) is 0 Å². The molecule has 0 aliphatic heterocycles. The van der Waals surface area contributed by atoms with Gasteiger partial charge in [-0.3, -0.25) is 14.9 Å². The van der Waals surface area contributed by atoms with Crippen molar-refractivity contribution in [3.05, 3.63) is 39.9 Å². The monoisotopic (exact) mass is 263 g/mol. The summed E-state index contributed by atoms with van der Waals surface area (Å²) < 4.78 is 0. The molecule has 2 rings (SSSR count). The number of hydrogen-bond acceptors (Lipinski definition) is 4. The van der Waals surface area contributed by atoms with Crippen LogP contribution in [0.4, 0.5) is 5.69 Å². The summed E-state index contributed by atoms with van der Waals surface area (Å²) >= 11 is 0. The highest BCUT2D eigenvalue weighted by molar-refractivity contribution is 5.86. The molecule has 1 aromatic rings. The Balaban J connectivity index is 1.91. The zero-order valence-corrected chi connectivity index (χ0v) is 10.6. The molecule has 0 saturated heterocycles. The van der Waals surface area contributed by atoms with E-state index >= 15 is 0 Å². The van der Waals surface area contributed by atoms with Gasteiger partial charge in [-0.2, -0.15) is 0 Å². The number of rotatable bonds is 4. The lowest BCUT2D eigenvalue weighted by Gasteiger charge is -2.22. The van der Waals surface area contributed by atoms with Crippen molar-refractivity contribution in [2.75, 3.05) is 0 Å². The van der Waals surface area contributed by atoms with E-state index in [4.69, 9.17) is 5.73 Å². The first-order valence-electron chi connectivity index (χ1n) is 6.32. The Kier molecular flexibility index (Phi) is 3.80. The average Bonchev–Trinajstić information content (AvgIpc) is 2.84. The molecular weight excluding hydrogens is 246 g/mol. The number of benzene rings is 1. The van der Waals surface area contributed by atoms with Crippen LogP contribution in [0.5, 0.6) is 0 Å². The summed E-state index contributed by atoms with van der Waals surface area (Å²) in [6, 6.07) is 6.12. The number of nitrogens with zero attached hydrogens (tertiary/aromatic N) is 1. The molecule has 19 heavy (non-hydrogen) atoms. The minimum Gasteiger partial charge on any atom is -0.350 e. The first-order chi connectivity index (χ1) is 9.01. The molecule has 0 aromatic heterocycles. The van der Waals surface area contributed by atoms with E-state index in [0.717, 1.165) is 31.2 Å². The zero-order chi connectivity index (χ0) is 13.9. The van der Waals surface area contributed by atoms with Gasteiger partial charge in [-0.1, -0.05) is 25.0 Å². The van der Waals surface area contributed by atoms with E-state index in [-0.39, 0.29) is 11.6 Å². The van der Waals surface area contributed by atoms with E-state index in [1.54, 1.807) is 12.1 Å². The Morgan fingerprint density at radius 3 is 2.42 bits per heavy atom. The Bertz CT molecular complexity index is 478. The van der Waals surface area contributed by atoms with Crippen LogP contribution in [-0.2, 0) is 11.3 Å². The van der Waals surface area contributed by atoms with Gasteiger partial charge < -0.3 is 11.1 Å². The smallest absolute Gasteiger partial charge is 0.269 e. The summed E-state index contributed by atoms with van der Waals surface area (Å²) in [6.07, 6.45) is 3.42. The molecule has 0 bridgehead atoms. The molecule has 102 valence electrons. The highest BCUT2D eigenvalue weighted by Gasteiger charge is 2.36. The molecule has 0 unspecified atom stereocenters. The number of nitrogens with two attached hydrogens (primary N) is 1. The van der Waals surface area contributed by atoms with Crippen LogP contribution in [0.25, 0.3) is 0 Å². The van der Waals surface area contributed by atoms with Crippen molar-refractivity contribution in [3.8, 4) is 0 Å². The van der Waals surface area contributed by atoms with Gasteiger partial charge in [-0.05, 0) is 18.4 Å². The maximum Gasteiger partial charge on any atom is 0.269 e. The molecule has 1 amide bonds. The molecule has 0 atom stereocenters. The normalized spacial score (nSPS) is 17.1. The van der Waals surface area contributed by atoms with Gasteiger partial charge in [0.05, 0.1) is 10.5 Å². The Labute approximate surface area is 111 Å². The fourth-order valence-electron chi connectivity index (χ4n) is 2.33. The molecule has 6 nitrogen and oxygen atoms in total. The third kappa shape index (κ3) is 3.08. The number of nitrogens with one attached hydrogen (secondary N) is 1. The molecule has 1 aliphatic rings. The summed E-state index contributed by atoms with van der Waals surface area (Å²) in [5.74, 6) is -0.136. The molecular formula is C13H17N3O3. The van der Waals surface area contributed by atoms with Crippen LogP contribution in [0.1, 0.15) is 31.2 Å². The van der Waals surface area contributed by atoms with Crippen LogP contribution in [0.2, 0.25) is 0 Å². The lowest BCUT2D eigenvalue weighted by molar-refractivity contribution is -0.384. The highest BCUT2D eigenvalue weighted by atomic mass is 16.6. The lowest BCUT2D eigenvalue weighted by atomic mass is 9.98. The van der Waals surface area contributed by atoms with Gasteiger partial charge in [-0.15, -0.1) is 0 Å². The van der Waals surface area contributed by atoms with Gasteiger partial charge in [0.15, 0.2) is 0 Å². The van der Waals surface area contributed by atoms with Gasteiger partial charge in [0.1, 0.15) is 0 Å². The number of non-ortho nitro benzene ring substituents is 1. The Morgan fingerprint density at radius 1 is 1.32 bits per heavy atom. The van der Waals surface area contributed by atoms with Crippen LogP contribution in [-0.4, -0.2) is 16.4 Å².